The standard InChI is InChI=1S/C13H11ClOS/c14-16(15)13(11-7-3-1-4-8-11)12-9-5-2-6-10-12/h1-10,13H. The van der Waals surface area contributed by atoms with E-state index in [2.05, 4.69) is 0 Å². The zero-order valence-electron chi connectivity index (χ0n) is 8.55. The van der Waals surface area contributed by atoms with Gasteiger partial charge in [-0.1, -0.05) is 60.7 Å². The van der Waals surface area contributed by atoms with E-state index < -0.39 is 10.0 Å². The minimum Gasteiger partial charge on any atom is -0.242 e. The smallest absolute Gasteiger partial charge is 0.127 e. The van der Waals surface area contributed by atoms with Crippen molar-refractivity contribution in [3.8, 4) is 0 Å². The van der Waals surface area contributed by atoms with Gasteiger partial charge in [-0.05, 0) is 21.8 Å². The molecular formula is C13H11ClOS. The van der Waals surface area contributed by atoms with Gasteiger partial charge in [-0.3, -0.25) is 0 Å². The molecule has 0 amide bonds. The van der Waals surface area contributed by atoms with Crippen LogP contribution in [0.15, 0.2) is 60.7 Å². The lowest BCUT2D eigenvalue weighted by Crippen LogP contribution is -2.03. The molecule has 0 fully saturated rings. The van der Waals surface area contributed by atoms with Gasteiger partial charge in [0.15, 0.2) is 0 Å². The highest BCUT2D eigenvalue weighted by molar-refractivity contribution is 8.08. The quantitative estimate of drug-likeness (QED) is 0.760. The van der Waals surface area contributed by atoms with Crippen LogP contribution in [0.4, 0.5) is 0 Å². The van der Waals surface area contributed by atoms with Crippen LogP contribution in [0.5, 0.6) is 0 Å². The predicted molar refractivity (Wildman–Crippen MR) is 68.7 cm³/mol. The van der Waals surface area contributed by atoms with E-state index >= 15 is 0 Å². The molecule has 2 rings (SSSR count). The van der Waals surface area contributed by atoms with Crippen LogP contribution in [0.25, 0.3) is 0 Å². The Balaban J connectivity index is 2.44. The van der Waals surface area contributed by atoms with E-state index in [9.17, 15) is 4.21 Å². The molecular weight excluding hydrogens is 240 g/mol. The summed E-state index contributed by atoms with van der Waals surface area (Å²) in [6, 6.07) is 19.3. The van der Waals surface area contributed by atoms with Crippen molar-refractivity contribution in [2.75, 3.05) is 0 Å². The maximum Gasteiger partial charge on any atom is 0.127 e. The molecule has 0 bridgehead atoms. The maximum absolute atomic E-state index is 11.6. The van der Waals surface area contributed by atoms with Crippen LogP contribution in [-0.4, -0.2) is 4.21 Å². The summed E-state index contributed by atoms with van der Waals surface area (Å²) in [4.78, 5) is 0. The second kappa shape index (κ2) is 5.28. The van der Waals surface area contributed by atoms with Crippen molar-refractivity contribution in [1.82, 2.24) is 0 Å². The first-order valence-electron chi connectivity index (χ1n) is 4.96. The minimum atomic E-state index is -1.43. The summed E-state index contributed by atoms with van der Waals surface area (Å²) >= 11 is 0. The highest BCUT2D eigenvalue weighted by atomic mass is 35.7. The summed E-state index contributed by atoms with van der Waals surface area (Å²) in [6.07, 6.45) is 0. The van der Waals surface area contributed by atoms with Crippen molar-refractivity contribution in [3.63, 3.8) is 0 Å². The summed E-state index contributed by atoms with van der Waals surface area (Å²) in [5.74, 6) is 0. The second-order valence-electron chi connectivity index (χ2n) is 3.45. The number of hydrogen-bond acceptors (Lipinski definition) is 1. The lowest BCUT2D eigenvalue weighted by atomic mass is 10.0. The molecule has 0 N–H and O–H groups in total. The molecule has 82 valence electrons. The van der Waals surface area contributed by atoms with Crippen LogP contribution in [0.3, 0.4) is 0 Å². The number of benzene rings is 2. The highest BCUT2D eigenvalue weighted by Gasteiger charge is 2.18. The molecule has 0 aliphatic carbocycles. The van der Waals surface area contributed by atoms with Gasteiger partial charge < -0.3 is 0 Å². The molecule has 0 aromatic heterocycles. The number of hydrogen-bond donors (Lipinski definition) is 0. The molecule has 2 aromatic carbocycles. The fourth-order valence-electron chi connectivity index (χ4n) is 1.66. The van der Waals surface area contributed by atoms with Crippen LogP contribution in [-0.2, 0) is 10.0 Å². The third-order valence-corrected chi connectivity index (χ3v) is 3.84. The highest BCUT2D eigenvalue weighted by Crippen LogP contribution is 2.29. The minimum absolute atomic E-state index is 0.260. The normalized spacial score (nSPS) is 12.6. The molecule has 3 heteroatoms. The average molecular weight is 251 g/mol. The van der Waals surface area contributed by atoms with Gasteiger partial charge in [0, 0.05) is 0 Å². The Labute approximate surface area is 102 Å². The fourth-order valence-corrected chi connectivity index (χ4v) is 3.02. The number of halogens is 1. The zero-order chi connectivity index (χ0) is 11.4. The summed E-state index contributed by atoms with van der Waals surface area (Å²) in [6.45, 7) is 0. The zero-order valence-corrected chi connectivity index (χ0v) is 10.1. The Bertz CT molecular complexity index is 430. The third-order valence-electron chi connectivity index (χ3n) is 2.39. The SMILES string of the molecule is O=S(Cl)C(c1ccccc1)c1ccccc1. The maximum atomic E-state index is 11.6. The molecule has 0 saturated carbocycles. The number of rotatable bonds is 3. The van der Waals surface area contributed by atoms with E-state index in [0.717, 1.165) is 11.1 Å². The first-order chi connectivity index (χ1) is 7.79. The second-order valence-corrected chi connectivity index (χ2v) is 5.33. The van der Waals surface area contributed by atoms with E-state index in [1.807, 2.05) is 60.7 Å². The van der Waals surface area contributed by atoms with E-state index in [-0.39, 0.29) is 5.25 Å². The van der Waals surface area contributed by atoms with Crippen molar-refractivity contribution < 1.29 is 4.21 Å². The van der Waals surface area contributed by atoms with Gasteiger partial charge in [0.05, 0.1) is 5.25 Å². The monoisotopic (exact) mass is 250 g/mol. The molecule has 0 heterocycles. The van der Waals surface area contributed by atoms with Crippen molar-refractivity contribution in [1.29, 1.82) is 0 Å². The average Bonchev–Trinajstić information content (AvgIpc) is 2.31. The Morgan fingerprint density at radius 2 is 1.19 bits per heavy atom. The van der Waals surface area contributed by atoms with Gasteiger partial charge in [0.1, 0.15) is 10.0 Å². The third kappa shape index (κ3) is 2.52. The van der Waals surface area contributed by atoms with Crippen LogP contribution >= 0.6 is 10.7 Å². The molecule has 0 aliphatic heterocycles. The lowest BCUT2D eigenvalue weighted by molar-refractivity contribution is 0.687. The first kappa shape index (κ1) is 11.4. The van der Waals surface area contributed by atoms with E-state index in [0.29, 0.717) is 0 Å². The molecule has 1 nitrogen and oxygen atoms in total. The Kier molecular flexibility index (Phi) is 3.75. The van der Waals surface area contributed by atoms with Gasteiger partial charge in [0.2, 0.25) is 0 Å². The van der Waals surface area contributed by atoms with Crippen molar-refractivity contribution in [2.24, 2.45) is 0 Å². The van der Waals surface area contributed by atoms with E-state index in [4.69, 9.17) is 10.7 Å². The largest absolute Gasteiger partial charge is 0.242 e. The van der Waals surface area contributed by atoms with Gasteiger partial charge in [-0.15, -0.1) is 0 Å². The summed E-state index contributed by atoms with van der Waals surface area (Å²) in [5, 5.41) is -0.260. The Morgan fingerprint density at radius 1 is 0.812 bits per heavy atom. The summed E-state index contributed by atoms with van der Waals surface area (Å²) < 4.78 is 11.6. The topological polar surface area (TPSA) is 17.1 Å². The van der Waals surface area contributed by atoms with Crippen molar-refractivity contribution in [3.05, 3.63) is 71.8 Å². The molecule has 0 saturated heterocycles. The molecule has 2 aromatic rings. The predicted octanol–water partition coefficient (Wildman–Crippen LogP) is 3.68. The van der Waals surface area contributed by atoms with Crippen LogP contribution in [0.1, 0.15) is 16.4 Å². The Hall–Kier alpha value is -1.12. The molecule has 0 aliphatic rings. The van der Waals surface area contributed by atoms with Gasteiger partial charge in [-0.25, -0.2) is 4.21 Å². The summed E-state index contributed by atoms with van der Waals surface area (Å²) in [5.41, 5.74) is 1.95. The van der Waals surface area contributed by atoms with Gasteiger partial charge in [-0.2, -0.15) is 0 Å². The first-order valence-corrected chi connectivity index (χ1v) is 6.99. The lowest BCUT2D eigenvalue weighted by Gasteiger charge is -2.13. The molecule has 16 heavy (non-hydrogen) atoms. The van der Waals surface area contributed by atoms with Gasteiger partial charge in [0.25, 0.3) is 0 Å². The van der Waals surface area contributed by atoms with Crippen molar-refractivity contribution >= 4 is 20.7 Å². The van der Waals surface area contributed by atoms with Gasteiger partial charge >= 0.3 is 0 Å². The van der Waals surface area contributed by atoms with Crippen LogP contribution < -0.4 is 0 Å². The van der Waals surface area contributed by atoms with Crippen LogP contribution in [0.2, 0.25) is 0 Å². The van der Waals surface area contributed by atoms with E-state index in [1.165, 1.54) is 0 Å². The van der Waals surface area contributed by atoms with Crippen molar-refractivity contribution in [2.45, 2.75) is 5.25 Å². The molecule has 0 spiro atoms. The molecule has 0 radical (unpaired) electrons. The molecule has 1 atom stereocenters. The molecule has 1 unspecified atom stereocenters. The fraction of sp³-hybridized carbons (Fsp3) is 0.0769. The van der Waals surface area contributed by atoms with E-state index in [1.54, 1.807) is 0 Å². The summed E-state index contributed by atoms with van der Waals surface area (Å²) in [7, 11) is 4.35. The van der Waals surface area contributed by atoms with Crippen LogP contribution in [0, 0.1) is 0 Å². The Morgan fingerprint density at radius 3 is 1.50 bits per heavy atom.